The molecule has 1 heterocycles. The second-order valence-electron chi connectivity index (χ2n) is 4.48. The first-order valence-corrected chi connectivity index (χ1v) is 6.00. The van der Waals surface area contributed by atoms with Gasteiger partial charge in [0, 0.05) is 11.4 Å². The van der Waals surface area contributed by atoms with Gasteiger partial charge in [0.15, 0.2) is 0 Å². The highest BCUT2D eigenvalue weighted by atomic mass is 79.9. The Morgan fingerprint density at radius 1 is 1.17 bits per heavy atom. The van der Waals surface area contributed by atoms with E-state index in [0.717, 1.165) is 16.7 Å². The summed E-state index contributed by atoms with van der Waals surface area (Å²) in [6.45, 7) is 2.67. The molecule has 12 heavy (non-hydrogen) atoms. The van der Waals surface area contributed by atoms with Crippen LogP contribution in [0, 0.1) is 11.8 Å². The zero-order valence-electron chi connectivity index (χ0n) is 7.80. The zero-order valence-corrected chi connectivity index (χ0v) is 9.39. The molecule has 3 atom stereocenters. The molecule has 2 fully saturated rings. The van der Waals surface area contributed by atoms with E-state index in [2.05, 4.69) is 27.9 Å². The van der Waals surface area contributed by atoms with Crippen LogP contribution in [0.2, 0.25) is 0 Å². The van der Waals surface area contributed by atoms with Gasteiger partial charge in [-0.3, -0.25) is 0 Å². The number of rotatable bonds is 0. The fourth-order valence-corrected chi connectivity index (χ4v) is 3.50. The predicted octanol–water partition coefficient (Wildman–Crippen LogP) is 2.50. The Kier molecular flexibility index (Phi) is 2.75. The molecule has 1 aliphatic carbocycles. The van der Waals surface area contributed by atoms with Crippen LogP contribution in [0.1, 0.15) is 25.7 Å². The molecule has 0 aromatic rings. The highest BCUT2D eigenvalue weighted by Gasteiger charge is 2.32. The minimum absolute atomic E-state index is 0.810. The molecule has 0 N–H and O–H groups in total. The molecule has 1 saturated heterocycles. The van der Waals surface area contributed by atoms with Crippen molar-refractivity contribution >= 4 is 15.9 Å². The third kappa shape index (κ3) is 1.85. The lowest BCUT2D eigenvalue weighted by Gasteiger charge is -2.41. The fourth-order valence-electron chi connectivity index (χ4n) is 2.75. The van der Waals surface area contributed by atoms with Crippen LogP contribution in [0.25, 0.3) is 0 Å². The monoisotopic (exact) mass is 231 g/mol. The van der Waals surface area contributed by atoms with Crippen molar-refractivity contribution in [2.24, 2.45) is 11.8 Å². The van der Waals surface area contributed by atoms with E-state index in [9.17, 15) is 0 Å². The van der Waals surface area contributed by atoms with E-state index in [0.29, 0.717) is 0 Å². The minimum atomic E-state index is 0.810. The Bertz CT molecular complexity index is 144. The molecule has 2 heteroatoms. The summed E-state index contributed by atoms with van der Waals surface area (Å²) in [7, 11) is 2.26. The molecule has 1 aliphatic heterocycles. The smallest absolute Gasteiger partial charge is 0.0149 e. The molecule has 0 aromatic heterocycles. The SMILES string of the molecule is CN1CC[C@@H]2CC[C@@H](Br)C[C@@H]2C1. The Labute approximate surface area is 83.6 Å². The summed E-state index contributed by atoms with van der Waals surface area (Å²) in [5.41, 5.74) is 0. The number of alkyl halides is 1. The highest BCUT2D eigenvalue weighted by molar-refractivity contribution is 9.09. The average Bonchev–Trinajstić information content (AvgIpc) is 2.03. The first-order chi connectivity index (χ1) is 5.75. The second-order valence-corrected chi connectivity index (χ2v) is 5.78. The quantitative estimate of drug-likeness (QED) is 0.580. The molecule has 0 unspecified atom stereocenters. The van der Waals surface area contributed by atoms with Gasteiger partial charge in [0.2, 0.25) is 0 Å². The predicted molar refractivity (Wildman–Crippen MR) is 55.7 cm³/mol. The van der Waals surface area contributed by atoms with Crippen molar-refractivity contribution in [1.29, 1.82) is 0 Å². The van der Waals surface area contributed by atoms with E-state index in [1.807, 2.05) is 0 Å². The van der Waals surface area contributed by atoms with E-state index in [1.165, 1.54) is 38.8 Å². The maximum absolute atomic E-state index is 3.75. The molecule has 0 spiro atoms. The Balaban J connectivity index is 1.94. The Hall–Kier alpha value is 0.440. The molecule has 0 aromatic carbocycles. The third-order valence-corrected chi connectivity index (χ3v) is 4.34. The molecule has 0 amide bonds. The lowest BCUT2D eigenvalue weighted by Crippen LogP contribution is -2.41. The summed E-state index contributed by atoms with van der Waals surface area (Å²) in [6, 6.07) is 0. The summed E-state index contributed by atoms with van der Waals surface area (Å²) in [5.74, 6) is 2.04. The fraction of sp³-hybridized carbons (Fsp3) is 1.00. The van der Waals surface area contributed by atoms with Crippen LogP contribution >= 0.6 is 15.9 Å². The van der Waals surface area contributed by atoms with Crippen LogP contribution in [-0.2, 0) is 0 Å². The summed E-state index contributed by atoms with van der Waals surface area (Å²) >= 11 is 3.75. The van der Waals surface area contributed by atoms with Gasteiger partial charge in [0.05, 0.1) is 0 Å². The van der Waals surface area contributed by atoms with Crippen molar-refractivity contribution in [3.8, 4) is 0 Å². The van der Waals surface area contributed by atoms with Crippen LogP contribution in [0.3, 0.4) is 0 Å². The highest BCUT2D eigenvalue weighted by Crippen LogP contribution is 2.38. The Morgan fingerprint density at radius 2 is 2.00 bits per heavy atom. The van der Waals surface area contributed by atoms with Crippen LogP contribution in [-0.4, -0.2) is 29.9 Å². The number of likely N-dealkylation sites (tertiary alicyclic amines) is 1. The number of hydrogen-bond donors (Lipinski definition) is 0. The third-order valence-electron chi connectivity index (χ3n) is 3.50. The van der Waals surface area contributed by atoms with Crippen LogP contribution in [0.15, 0.2) is 0 Å². The lowest BCUT2D eigenvalue weighted by molar-refractivity contribution is 0.108. The number of nitrogens with zero attached hydrogens (tertiary/aromatic N) is 1. The van der Waals surface area contributed by atoms with Crippen molar-refractivity contribution < 1.29 is 0 Å². The largest absolute Gasteiger partial charge is 0.306 e. The van der Waals surface area contributed by atoms with Gasteiger partial charge in [0.1, 0.15) is 0 Å². The van der Waals surface area contributed by atoms with Gasteiger partial charge in [0.25, 0.3) is 0 Å². The van der Waals surface area contributed by atoms with E-state index in [-0.39, 0.29) is 0 Å². The van der Waals surface area contributed by atoms with Gasteiger partial charge in [-0.25, -0.2) is 0 Å². The summed E-state index contributed by atoms with van der Waals surface area (Å²) in [6.07, 6.45) is 5.73. The van der Waals surface area contributed by atoms with Crippen LogP contribution in [0.5, 0.6) is 0 Å². The maximum atomic E-state index is 3.75. The van der Waals surface area contributed by atoms with Crippen molar-refractivity contribution in [3.05, 3.63) is 0 Å². The molecule has 1 saturated carbocycles. The summed E-state index contributed by atoms with van der Waals surface area (Å²) in [4.78, 5) is 3.30. The lowest BCUT2D eigenvalue weighted by atomic mass is 9.75. The van der Waals surface area contributed by atoms with Gasteiger partial charge < -0.3 is 4.90 Å². The molecule has 2 rings (SSSR count). The van der Waals surface area contributed by atoms with Gasteiger partial charge in [-0.15, -0.1) is 0 Å². The minimum Gasteiger partial charge on any atom is -0.306 e. The molecule has 70 valence electrons. The summed E-state index contributed by atoms with van der Waals surface area (Å²) < 4.78 is 0. The van der Waals surface area contributed by atoms with Crippen molar-refractivity contribution in [2.45, 2.75) is 30.5 Å². The van der Waals surface area contributed by atoms with Crippen LogP contribution < -0.4 is 0 Å². The first kappa shape index (κ1) is 9.01. The van der Waals surface area contributed by atoms with E-state index in [4.69, 9.17) is 0 Å². The zero-order chi connectivity index (χ0) is 8.55. The molecule has 0 radical (unpaired) electrons. The molecular formula is C10H18BrN. The molecule has 1 nitrogen and oxygen atoms in total. The standard InChI is InChI=1S/C10H18BrN/c1-12-5-4-8-2-3-10(11)6-9(8)7-12/h8-10H,2-7H2,1H3/t8-,9+,10+/m0/s1. The first-order valence-electron chi connectivity index (χ1n) is 5.08. The van der Waals surface area contributed by atoms with Gasteiger partial charge >= 0.3 is 0 Å². The number of halogens is 1. The number of hydrogen-bond acceptors (Lipinski definition) is 1. The second kappa shape index (κ2) is 3.67. The van der Waals surface area contributed by atoms with Crippen molar-refractivity contribution in [1.82, 2.24) is 4.90 Å². The summed E-state index contributed by atoms with van der Waals surface area (Å²) in [5, 5.41) is 0. The van der Waals surface area contributed by atoms with E-state index < -0.39 is 0 Å². The van der Waals surface area contributed by atoms with E-state index >= 15 is 0 Å². The normalized spacial score (nSPS) is 44.0. The van der Waals surface area contributed by atoms with Gasteiger partial charge in [-0.05, 0) is 51.1 Å². The topological polar surface area (TPSA) is 3.24 Å². The molecular weight excluding hydrogens is 214 g/mol. The van der Waals surface area contributed by atoms with E-state index in [1.54, 1.807) is 0 Å². The van der Waals surface area contributed by atoms with Gasteiger partial charge in [-0.2, -0.15) is 0 Å². The molecule has 2 aliphatic rings. The van der Waals surface area contributed by atoms with Crippen molar-refractivity contribution in [2.75, 3.05) is 20.1 Å². The van der Waals surface area contributed by atoms with Crippen molar-refractivity contribution in [3.63, 3.8) is 0 Å². The molecule has 0 bridgehead atoms. The van der Waals surface area contributed by atoms with Gasteiger partial charge in [-0.1, -0.05) is 15.9 Å². The maximum Gasteiger partial charge on any atom is 0.0149 e. The number of piperidine rings is 1. The Morgan fingerprint density at radius 3 is 2.83 bits per heavy atom. The van der Waals surface area contributed by atoms with Crippen LogP contribution in [0.4, 0.5) is 0 Å². The number of fused-ring (bicyclic) bond motifs is 1. The average molecular weight is 232 g/mol.